The fraction of sp³-hybridized carbons (Fsp3) is 0.174. The Morgan fingerprint density at radius 3 is 2.76 bits per heavy atom. The predicted molar refractivity (Wildman–Crippen MR) is 123 cm³/mol. The van der Waals surface area contributed by atoms with E-state index in [1.165, 1.54) is 22.8 Å². The van der Waals surface area contributed by atoms with Crippen LogP contribution in [-0.4, -0.2) is 36.4 Å². The quantitative estimate of drug-likeness (QED) is 0.425. The van der Waals surface area contributed by atoms with Crippen molar-refractivity contribution in [2.45, 2.75) is 19.4 Å². The van der Waals surface area contributed by atoms with Crippen LogP contribution in [-0.2, 0) is 0 Å². The van der Waals surface area contributed by atoms with E-state index in [-0.39, 0.29) is 23.6 Å². The predicted octanol–water partition coefficient (Wildman–Crippen LogP) is 3.91. The fourth-order valence-corrected chi connectivity index (χ4v) is 3.57. The molecule has 0 fully saturated rings. The lowest BCUT2D eigenvalue weighted by atomic mass is 10.0. The molecule has 168 valence electrons. The number of nitrogens with zero attached hydrogens (tertiary/aromatic N) is 5. The van der Waals surface area contributed by atoms with Crippen LogP contribution in [0.4, 0.5) is 16.0 Å². The highest BCUT2D eigenvalue weighted by Crippen LogP contribution is 2.26. The van der Waals surface area contributed by atoms with Crippen LogP contribution < -0.4 is 10.9 Å². The summed E-state index contributed by atoms with van der Waals surface area (Å²) in [5.41, 5.74) is 2.78. The molecule has 10 heteroatoms. The lowest BCUT2D eigenvalue weighted by Gasteiger charge is -2.20. The van der Waals surface area contributed by atoms with E-state index in [1.54, 1.807) is 42.9 Å². The first-order valence-electron chi connectivity index (χ1n) is 10.1. The molecule has 0 aliphatic rings. The number of benzene rings is 1. The van der Waals surface area contributed by atoms with Gasteiger partial charge in [0.05, 0.1) is 34.3 Å². The molecule has 0 unspecified atom stereocenters. The van der Waals surface area contributed by atoms with Gasteiger partial charge in [-0.25, -0.2) is 14.4 Å². The molecule has 1 aromatic carbocycles. The zero-order valence-electron chi connectivity index (χ0n) is 17.6. The number of nitrogens with one attached hydrogen (secondary N) is 1. The van der Waals surface area contributed by atoms with E-state index in [9.17, 15) is 14.3 Å². The zero-order valence-corrected chi connectivity index (χ0v) is 18.4. The lowest BCUT2D eigenvalue weighted by Crippen LogP contribution is -2.25. The van der Waals surface area contributed by atoms with E-state index in [1.807, 2.05) is 6.92 Å². The molecule has 33 heavy (non-hydrogen) atoms. The third kappa shape index (κ3) is 5.05. The number of pyridine rings is 1. The van der Waals surface area contributed by atoms with Gasteiger partial charge in [0.2, 0.25) is 5.95 Å². The van der Waals surface area contributed by atoms with Gasteiger partial charge in [-0.15, -0.1) is 0 Å². The summed E-state index contributed by atoms with van der Waals surface area (Å²) in [6, 6.07) is 10.5. The van der Waals surface area contributed by atoms with Gasteiger partial charge in [0.15, 0.2) is 0 Å². The summed E-state index contributed by atoms with van der Waals surface area (Å²) in [4.78, 5) is 21.7. The maximum absolute atomic E-state index is 14.0. The Morgan fingerprint density at radius 2 is 2.03 bits per heavy atom. The van der Waals surface area contributed by atoms with Crippen LogP contribution in [0, 0.1) is 12.7 Å². The van der Waals surface area contributed by atoms with Crippen molar-refractivity contribution in [2.75, 3.05) is 11.9 Å². The maximum Gasteiger partial charge on any atom is 0.251 e. The summed E-state index contributed by atoms with van der Waals surface area (Å²) in [6.07, 6.45) is 5.00. The third-order valence-corrected chi connectivity index (χ3v) is 5.42. The second-order valence-electron chi connectivity index (χ2n) is 7.28. The van der Waals surface area contributed by atoms with Crippen molar-refractivity contribution in [3.63, 3.8) is 0 Å². The van der Waals surface area contributed by atoms with Crippen LogP contribution in [0.25, 0.3) is 11.3 Å². The SMILES string of the molecule is Cc1nnccc1Nc1nccc(-c2ccn([C@H](CCO)c3ccc(Cl)c(F)c3)c(=O)c2)n1. The summed E-state index contributed by atoms with van der Waals surface area (Å²) in [6.45, 7) is 1.64. The summed E-state index contributed by atoms with van der Waals surface area (Å²) in [5.74, 6) is -0.231. The van der Waals surface area contributed by atoms with Gasteiger partial charge >= 0.3 is 0 Å². The molecule has 8 nitrogen and oxygen atoms in total. The Balaban J connectivity index is 1.65. The number of halogens is 2. The smallest absolute Gasteiger partial charge is 0.251 e. The van der Waals surface area contributed by atoms with E-state index >= 15 is 0 Å². The number of anilines is 2. The van der Waals surface area contributed by atoms with Crippen molar-refractivity contribution in [1.82, 2.24) is 24.7 Å². The van der Waals surface area contributed by atoms with Crippen LogP contribution in [0.5, 0.6) is 0 Å². The molecule has 0 bridgehead atoms. The molecule has 0 radical (unpaired) electrons. The largest absolute Gasteiger partial charge is 0.396 e. The van der Waals surface area contributed by atoms with Crippen molar-refractivity contribution >= 4 is 23.2 Å². The van der Waals surface area contributed by atoms with Gasteiger partial charge in [-0.1, -0.05) is 17.7 Å². The van der Waals surface area contributed by atoms with E-state index < -0.39 is 11.9 Å². The number of aryl methyl sites for hydroxylation is 1. The number of aliphatic hydroxyl groups is 1. The van der Waals surface area contributed by atoms with Crippen molar-refractivity contribution in [1.29, 1.82) is 0 Å². The molecule has 4 aromatic rings. The monoisotopic (exact) mass is 466 g/mol. The number of rotatable bonds is 7. The Kier molecular flexibility index (Phi) is 6.71. The summed E-state index contributed by atoms with van der Waals surface area (Å²) in [5, 5.41) is 20.4. The third-order valence-electron chi connectivity index (χ3n) is 5.12. The zero-order chi connectivity index (χ0) is 23.4. The van der Waals surface area contributed by atoms with Crippen molar-refractivity contribution in [2.24, 2.45) is 0 Å². The molecule has 0 spiro atoms. The van der Waals surface area contributed by atoms with E-state index in [2.05, 4.69) is 25.5 Å². The van der Waals surface area contributed by atoms with Crippen LogP contribution in [0.3, 0.4) is 0 Å². The highest BCUT2D eigenvalue weighted by Gasteiger charge is 2.17. The molecule has 3 heterocycles. The molecule has 1 atom stereocenters. The van der Waals surface area contributed by atoms with E-state index in [4.69, 9.17) is 11.6 Å². The standard InChI is InChI=1S/C23H20ClFN6O2/c1-14-19(5-9-27-30-14)28-23-26-8-4-20(29-23)15-6-10-31(22(33)13-15)21(7-11-32)16-2-3-17(24)18(25)12-16/h2-6,8-10,12-13,21,32H,7,11H2,1H3,(H,26,27,28,29)/t21-/m1/s1. The maximum atomic E-state index is 14.0. The van der Waals surface area contributed by atoms with Crippen molar-refractivity contribution in [3.8, 4) is 11.3 Å². The second-order valence-corrected chi connectivity index (χ2v) is 7.69. The van der Waals surface area contributed by atoms with Crippen LogP contribution >= 0.6 is 11.6 Å². The fourth-order valence-electron chi connectivity index (χ4n) is 3.45. The highest BCUT2D eigenvalue weighted by molar-refractivity contribution is 6.30. The molecule has 4 rings (SSSR count). The van der Waals surface area contributed by atoms with Gasteiger partial charge in [-0.05, 0) is 49.2 Å². The van der Waals surface area contributed by atoms with Crippen LogP contribution in [0.1, 0.15) is 23.7 Å². The molecular formula is C23H20ClFN6O2. The van der Waals surface area contributed by atoms with Gasteiger partial charge < -0.3 is 15.0 Å². The van der Waals surface area contributed by atoms with Gasteiger partial charge in [0.25, 0.3) is 5.56 Å². The Bertz CT molecular complexity index is 1350. The van der Waals surface area contributed by atoms with E-state index in [0.717, 1.165) is 5.69 Å². The first kappa shape index (κ1) is 22.5. The first-order chi connectivity index (χ1) is 16.0. The Hall–Kier alpha value is -3.69. The van der Waals surface area contributed by atoms with Crippen molar-refractivity contribution in [3.05, 3.63) is 93.5 Å². The molecule has 0 saturated carbocycles. The molecular weight excluding hydrogens is 447 g/mol. The van der Waals surface area contributed by atoms with Gasteiger partial charge in [-0.2, -0.15) is 10.2 Å². The molecule has 0 aliphatic carbocycles. The van der Waals surface area contributed by atoms with Crippen LogP contribution in [0.2, 0.25) is 5.02 Å². The Labute approximate surface area is 193 Å². The molecule has 0 amide bonds. The van der Waals surface area contributed by atoms with Gasteiger partial charge in [0, 0.05) is 30.6 Å². The molecule has 3 aromatic heterocycles. The normalized spacial score (nSPS) is 11.9. The molecule has 0 aliphatic heterocycles. The van der Waals surface area contributed by atoms with Gasteiger partial charge in [0.1, 0.15) is 5.82 Å². The topological polar surface area (TPSA) is 106 Å². The second kappa shape index (κ2) is 9.85. The number of aromatic nitrogens is 5. The minimum atomic E-state index is -0.581. The highest BCUT2D eigenvalue weighted by atomic mass is 35.5. The van der Waals surface area contributed by atoms with Crippen LogP contribution in [0.15, 0.2) is 65.8 Å². The molecule has 2 N–H and O–H groups in total. The lowest BCUT2D eigenvalue weighted by molar-refractivity contribution is 0.266. The van der Waals surface area contributed by atoms with Crippen molar-refractivity contribution < 1.29 is 9.50 Å². The summed E-state index contributed by atoms with van der Waals surface area (Å²) >= 11 is 5.78. The minimum Gasteiger partial charge on any atom is -0.396 e. The average molecular weight is 467 g/mol. The minimum absolute atomic E-state index is 0.00453. The van der Waals surface area contributed by atoms with Gasteiger partial charge in [-0.3, -0.25) is 4.79 Å². The average Bonchev–Trinajstić information content (AvgIpc) is 2.81. The summed E-state index contributed by atoms with van der Waals surface area (Å²) in [7, 11) is 0. The first-order valence-corrected chi connectivity index (χ1v) is 10.5. The molecule has 0 saturated heterocycles. The number of hydrogen-bond acceptors (Lipinski definition) is 7. The van der Waals surface area contributed by atoms with E-state index in [0.29, 0.717) is 28.5 Å². The summed E-state index contributed by atoms with van der Waals surface area (Å²) < 4.78 is 15.4. The number of hydrogen-bond donors (Lipinski definition) is 2. The number of aliphatic hydroxyl groups excluding tert-OH is 1. The Morgan fingerprint density at radius 1 is 1.18 bits per heavy atom.